The molecule has 1 aromatic carbocycles. The van der Waals surface area contributed by atoms with Crippen molar-refractivity contribution in [1.82, 2.24) is 0 Å². The van der Waals surface area contributed by atoms with Gasteiger partial charge in [0.25, 0.3) is 0 Å². The second-order valence-corrected chi connectivity index (χ2v) is 6.75. The quantitative estimate of drug-likeness (QED) is 0.793. The van der Waals surface area contributed by atoms with E-state index in [1.54, 1.807) is 0 Å². The topological polar surface area (TPSA) is 12.0 Å². The molecule has 1 saturated carbocycles. The number of anilines is 1. The molecule has 2 bridgehead atoms. The molecule has 0 aliphatic heterocycles. The molecular formula is C16H20BrN. The minimum atomic E-state index is 0.560. The molecule has 0 amide bonds. The summed E-state index contributed by atoms with van der Waals surface area (Å²) in [7, 11) is 0. The minimum Gasteiger partial charge on any atom is -0.382 e. The fourth-order valence-electron chi connectivity index (χ4n) is 3.54. The third-order valence-corrected chi connectivity index (χ3v) is 5.04. The number of rotatable bonds is 3. The Bertz CT molecular complexity index is 480. The highest BCUT2D eigenvalue weighted by Gasteiger charge is 2.38. The van der Waals surface area contributed by atoms with Crippen LogP contribution in [0.5, 0.6) is 0 Å². The maximum atomic E-state index is 3.71. The lowest BCUT2D eigenvalue weighted by Crippen LogP contribution is -2.29. The predicted molar refractivity (Wildman–Crippen MR) is 80.8 cm³/mol. The van der Waals surface area contributed by atoms with Crippen LogP contribution in [0.1, 0.15) is 25.3 Å². The molecule has 2 aliphatic rings. The lowest BCUT2D eigenvalue weighted by atomic mass is 9.87. The number of allylic oxidation sites excluding steroid dienone is 2. The summed E-state index contributed by atoms with van der Waals surface area (Å²) in [6.45, 7) is 4.50. The Morgan fingerprint density at radius 1 is 1.28 bits per heavy atom. The second kappa shape index (κ2) is 4.73. The van der Waals surface area contributed by atoms with Crippen LogP contribution in [0.15, 0.2) is 34.8 Å². The van der Waals surface area contributed by atoms with Crippen molar-refractivity contribution in [1.29, 1.82) is 0 Å². The molecule has 4 unspecified atom stereocenters. The average molecular weight is 306 g/mol. The summed E-state index contributed by atoms with van der Waals surface area (Å²) in [4.78, 5) is 0. The van der Waals surface area contributed by atoms with Gasteiger partial charge in [-0.2, -0.15) is 0 Å². The normalized spacial score (nSPS) is 30.7. The van der Waals surface area contributed by atoms with Crippen molar-refractivity contribution in [3.8, 4) is 0 Å². The van der Waals surface area contributed by atoms with E-state index in [0.717, 1.165) is 22.2 Å². The molecule has 0 spiro atoms. The fourth-order valence-corrected chi connectivity index (χ4v) is 4.02. The monoisotopic (exact) mass is 305 g/mol. The van der Waals surface area contributed by atoms with Gasteiger partial charge >= 0.3 is 0 Å². The molecule has 2 heteroatoms. The zero-order valence-corrected chi connectivity index (χ0v) is 12.6. The van der Waals surface area contributed by atoms with Crippen LogP contribution >= 0.6 is 15.9 Å². The number of halogens is 1. The molecule has 18 heavy (non-hydrogen) atoms. The van der Waals surface area contributed by atoms with E-state index in [9.17, 15) is 0 Å². The molecule has 96 valence electrons. The molecule has 1 aromatic rings. The number of nitrogens with one attached hydrogen (secondary N) is 1. The van der Waals surface area contributed by atoms with E-state index >= 15 is 0 Å². The van der Waals surface area contributed by atoms with Gasteiger partial charge < -0.3 is 5.32 Å². The van der Waals surface area contributed by atoms with E-state index in [2.05, 4.69) is 65.4 Å². The highest BCUT2D eigenvalue weighted by Crippen LogP contribution is 2.45. The van der Waals surface area contributed by atoms with Gasteiger partial charge in [-0.1, -0.05) is 28.1 Å². The summed E-state index contributed by atoms with van der Waals surface area (Å²) >= 11 is 3.52. The largest absolute Gasteiger partial charge is 0.382 e. The molecule has 0 saturated heterocycles. The molecular weight excluding hydrogens is 286 g/mol. The molecule has 1 nitrogen and oxygen atoms in total. The van der Waals surface area contributed by atoms with Crippen molar-refractivity contribution in [3.05, 3.63) is 40.4 Å². The summed E-state index contributed by atoms with van der Waals surface area (Å²) in [6.07, 6.45) is 7.60. The van der Waals surface area contributed by atoms with Crippen molar-refractivity contribution in [3.63, 3.8) is 0 Å². The van der Waals surface area contributed by atoms with Crippen LogP contribution in [0.4, 0.5) is 5.69 Å². The first-order valence-electron chi connectivity index (χ1n) is 6.84. The van der Waals surface area contributed by atoms with Gasteiger partial charge in [0.15, 0.2) is 0 Å². The standard InChI is InChI=1S/C16H20BrN/c1-10-7-14(17)5-6-16(10)18-11(2)15-9-12-3-4-13(15)8-12/h3-7,11-13,15,18H,8-9H2,1-2H3. The Labute approximate surface area is 118 Å². The van der Waals surface area contributed by atoms with Gasteiger partial charge in [0.1, 0.15) is 0 Å². The summed E-state index contributed by atoms with van der Waals surface area (Å²) in [5.74, 6) is 2.48. The first kappa shape index (κ1) is 12.3. The Hall–Kier alpha value is -0.760. The number of hydrogen-bond donors (Lipinski definition) is 1. The van der Waals surface area contributed by atoms with Crippen LogP contribution in [0.25, 0.3) is 0 Å². The van der Waals surface area contributed by atoms with Crippen molar-refractivity contribution >= 4 is 21.6 Å². The molecule has 3 rings (SSSR count). The SMILES string of the molecule is Cc1cc(Br)ccc1NC(C)C1CC2C=CC1C2. The van der Waals surface area contributed by atoms with Gasteiger partial charge in [-0.05, 0) is 68.2 Å². The Kier molecular flexibility index (Phi) is 3.23. The molecule has 0 aromatic heterocycles. The molecule has 2 aliphatic carbocycles. The van der Waals surface area contributed by atoms with Crippen molar-refractivity contribution in [2.45, 2.75) is 32.7 Å². The molecule has 1 N–H and O–H groups in total. The Morgan fingerprint density at radius 3 is 2.72 bits per heavy atom. The van der Waals surface area contributed by atoms with E-state index < -0.39 is 0 Å². The van der Waals surface area contributed by atoms with E-state index in [-0.39, 0.29) is 0 Å². The van der Waals surface area contributed by atoms with E-state index in [0.29, 0.717) is 6.04 Å². The van der Waals surface area contributed by atoms with Crippen LogP contribution in [-0.4, -0.2) is 6.04 Å². The van der Waals surface area contributed by atoms with Crippen molar-refractivity contribution < 1.29 is 0 Å². The van der Waals surface area contributed by atoms with Crippen LogP contribution in [0.2, 0.25) is 0 Å². The van der Waals surface area contributed by atoms with Crippen molar-refractivity contribution in [2.24, 2.45) is 17.8 Å². The van der Waals surface area contributed by atoms with Crippen molar-refractivity contribution in [2.75, 3.05) is 5.32 Å². The van der Waals surface area contributed by atoms with Gasteiger partial charge in [0.05, 0.1) is 0 Å². The van der Waals surface area contributed by atoms with Crippen LogP contribution < -0.4 is 5.32 Å². The first-order chi connectivity index (χ1) is 8.63. The number of hydrogen-bond acceptors (Lipinski definition) is 1. The third kappa shape index (κ3) is 2.23. The van der Waals surface area contributed by atoms with Gasteiger partial charge in [0, 0.05) is 16.2 Å². The van der Waals surface area contributed by atoms with E-state index in [1.165, 1.54) is 24.1 Å². The summed E-state index contributed by atoms with van der Waals surface area (Å²) in [5, 5.41) is 3.71. The number of benzene rings is 1. The van der Waals surface area contributed by atoms with Gasteiger partial charge in [-0.3, -0.25) is 0 Å². The lowest BCUT2D eigenvalue weighted by Gasteiger charge is -2.27. The molecule has 0 radical (unpaired) electrons. The smallest absolute Gasteiger partial charge is 0.0372 e. The average Bonchev–Trinajstić information content (AvgIpc) is 2.94. The third-order valence-electron chi connectivity index (χ3n) is 4.54. The summed E-state index contributed by atoms with van der Waals surface area (Å²) in [6, 6.07) is 7.03. The highest BCUT2D eigenvalue weighted by molar-refractivity contribution is 9.10. The highest BCUT2D eigenvalue weighted by atomic mass is 79.9. The predicted octanol–water partition coefficient (Wildman–Crippen LogP) is 4.77. The van der Waals surface area contributed by atoms with Crippen LogP contribution in [-0.2, 0) is 0 Å². The van der Waals surface area contributed by atoms with Gasteiger partial charge in [-0.25, -0.2) is 0 Å². The first-order valence-corrected chi connectivity index (χ1v) is 7.64. The molecule has 4 atom stereocenters. The van der Waals surface area contributed by atoms with Gasteiger partial charge in [-0.15, -0.1) is 0 Å². The Balaban J connectivity index is 1.71. The fraction of sp³-hybridized carbons (Fsp3) is 0.500. The van der Waals surface area contributed by atoms with Crippen LogP contribution in [0.3, 0.4) is 0 Å². The van der Waals surface area contributed by atoms with Crippen LogP contribution in [0, 0.1) is 24.7 Å². The summed E-state index contributed by atoms with van der Waals surface area (Å²) < 4.78 is 1.15. The van der Waals surface area contributed by atoms with E-state index in [1.807, 2.05) is 0 Å². The number of fused-ring (bicyclic) bond motifs is 2. The second-order valence-electron chi connectivity index (χ2n) is 5.84. The maximum Gasteiger partial charge on any atom is 0.0372 e. The Morgan fingerprint density at radius 2 is 2.11 bits per heavy atom. The molecule has 1 fully saturated rings. The minimum absolute atomic E-state index is 0.560. The summed E-state index contributed by atoms with van der Waals surface area (Å²) in [5.41, 5.74) is 2.59. The maximum absolute atomic E-state index is 3.71. The van der Waals surface area contributed by atoms with E-state index in [4.69, 9.17) is 0 Å². The zero-order chi connectivity index (χ0) is 12.7. The number of aryl methyl sites for hydroxylation is 1. The lowest BCUT2D eigenvalue weighted by molar-refractivity contribution is 0.400. The van der Waals surface area contributed by atoms with Gasteiger partial charge in [0.2, 0.25) is 0 Å². The molecule has 0 heterocycles. The zero-order valence-electron chi connectivity index (χ0n) is 11.0.